The van der Waals surface area contributed by atoms with E-state index in [4.69, 9.17) is 4.74 Å². The number of carbonyl (C=O) groups is 1. The Hall–Kier alpha value is -2.39. The standard InChI is InChI=1S/C17H15NO2.2C2H6/c19-17(18-16-12-20-16)15(14-9-5-2-6-10-14)11-13-7-3-1-4-8-13;2*1-2/h1-11,16H,12H2,(H,18,19);2*1-2H3. The van der Waals surface area contributed by atoms with E-state index in [0.717, 1.165) is 11.1 Å². The zero-order chi connectivity index (χ0) is 17.8. The fraction of sp³-hybridized carbons (Fsp3) is 0.286. The highest BCUT2D eigenvalue weighted by Gasteiger charge is 2.26. The molecular weight excluding hydrogens is 298 g/mol. The summed E-state index contributed by atoms with van der Waals surface area (Å²) in [4.78, 5) is 12.3. The molecule has 0 aliphatic carbocycles. The summed E-state index contributed by atoms with van der Waals surface area (Å²) in [6, 6.07) is 19.5. The van der Waals surface area contributed by atoms with Crippen LogP contribution in [0.4, 0.5) is 0 Å². The maximum Gasteiger partial charge on any atom is 0.253 e. The highest BCUT2D eigenvalue weighted by molar-refractivity contribution is 6.24. The summed E-state index contributed by atoms with van der Waals surface area (Å²) < 4.78 is 5.06. The van der Waals surface area contributed by atoms with Gasteiger partial charge in [0.15, 0.2) is 6.23 Å². The van der Waals surface area contributed by atoms with Crippen molar-refractivity contribution in [1.29, 1.82) is 0 Å². The largest absolute Gasteiger partial charge is 0.351 e. The van der Waals surface area contributed by atoms with Gasteiger partial charge in [-0.25, -0.2) is 0 Å². The van der Waals surface area contributed by atoms with E-state index in [1.807, 2.05) is 94.4 Å². The van der Waals surface area contributed by atoms with Gasteiger partial charge in [0.1, 0.15) is 0 Å². The lowest BCUT2D eigenvalue weighted by atomic mass is 10.0. The number of rotatable bonds is 4. The van der Waals surface area contributed by atoms with Crippen molar-refractivity contribution >= 4 is 17.6 Å². The second-order valence-corrected chi connectivity index (χ2v) is 4.63. The summed E-state index contributed by atoms with van der Waals surface area (Å²) in [6.07, 6.45) is 1.76. The van der Waals surface area contributed by atoms with Crippen LogP contribution in [0.2, 0.25) is 0 Å². The van der Waals surface area contributed by atoms with Crippen LogP contribution in [0, 0.1) is 0 Å². The van der Waals surface area contributed by atoms with Gasteiger partial charge in [0.25, 0.3) is 5.91 Å². The molecule has 0 aromatic heterocycles. The van der Waals surface area contributed by atoms with Crippen LogP contribution in [0.15, 0.2) is 60.7 Å². The molecule has 3 heteroatoms. The molecule has 24 heavy (non-hydrogen) atoms. The number of nitrogens with one attached hydrogen (secondary N) is 1. The van der Waals surface area contributed by atoms with E-state index >= 15 is 0 Å². The lowest BCUT2D eigenvalue weighted by Crippen LogP contribution is -2.27. The van der Waals surface area contributed by atoms with E-state index < -0.39 is 0 Å². The molecule has 3 nitrogen and oxygen atoms in total. The molecule has 128 valence electrons. The average Bonchev–Trinajstić information content (AvgIpc) is 3.48. The van der Waals surface area contributed by atoms with Crippen LogP contribution in [0.3, 0.4) is 0 Å². The van der Waals surface area contributed by atoms with Crippen LogP contribution in [-0.4, -0.2) is 18.7 Å². The van der Waals surface area contributed by atoms with Crippen molar-refractivity contribution in [2.45, 2.75) is 33.9 Å². The van der Waals surface area contributed by atoms with E-state index in [-0.39, 0.29) is 12.1 Å². The zero-order valence-electron chi connectivity index (χ0n) is 15.0. The van der Waals surface area contributed by atoms with Gasteiger partial charge in [-0.1, -0.05) is 88.4 Å². The Kier molecular flexibility index (Phi) is 9.17. The third-order valence-corrected chi connectivity index (χ3v) is 3.07. The van der Waals surface area contributed by atoms with Crippen molar-refractivity contribution in [2.24, 2.45) is 0 Å². The second-order valence-electron chi connectivity index (χ2n) is 4.63. The molecule has 1 fully saturated rings. The fourth-order valence-corrected chi connectivity index (χ4v) is 1.97. The van der Waals surface area contributed by atoms with Gasteiger partial charge in [0.2, 0.25) is 0 Å². The molecule has 1 atom stereocenters. The third-order valence-electron chi connectivity index (χ3n) is 3.07. The van der Waals surface area contributed by atoms with E-state index in [2.05, 4.69) is 5.32 Å². The number of hydrogen-bond acceptors (Lipinski definition) is 2. The molecule has 1 heterocycles. The van der Waals surface area contributed by atoms with Crippen molar-refractivity contribution in [3.63, 3.8) is 0 Å². The number of ether oxygens (including phenoxy) is 1. The van der Waals surface area contributed by atoms with Crippen LogP contribution < -0.4 is 5.32 Å². The highest BCUT2D eigenvalue weighted by Crippen LogP contribution is 2.19. The van der Waals surface area contributed by atoms with E-state index in [1.54, 1.807) is 0 Å². The molecule has 1 saturated heterocycles. The Morgan fingerprint density at radius 1 is 0.958 bits per heavy atom. The van der Waals surface area contributed by atoms with Gasteiger partial charge < -0.3 is 10.1 Å². The van der Waals surface area contributed by atoms with Crippen molar-refractivity contribution in [3.8, 4) is 0 Å². The molecule has 0 bridgehead atoms. The summed E-state index contributed by atoms with van der Waals surface area (Å²) >= 11 is 0. The number of carbonyl (C=O) groups excluding carboxylic acids is 1. The van der Waals surface area contributed by atoms with Gasteiger partial charge in [0.05, 0.1) is 6.61 Å². The molecule has 1 aliphatic rings. The first-order chi connectivity index (χ1) is 11.8. The molecule has 3 rings (SSSR count). The quantitative estimate of drug-likeness (QED) is 0.500. The summed E-state index contributed by atoms with van der Waals surface area (Å²) in [6.45, 7) is 8.60. The van der Waals surface area contributed by atoms with Crippen LogP contribution in [0.25, 0.3) is 11.6 Å². The van der Waals surface area contributed by atoms with Crippen LogP contribution in [0.1, 0.15) is 38.8 Å². The Bertz CT molecular complexity index is 617. The van der Waals surface area contributed by atoms with Gasteiger partial charge in [0, 0.05) is 5.57 Å². The van der Waals surface area contributed by atoms with Crippen molar-refractivity contribution in [3.05, 3.63) is 71.8 Å². The maximum atomic E-state index is 12.3. The molecule has 1 N–H and O–H groups in total. The minimum atomic E-state index is -0.134. The van der Waals surface area contributed by atoms with Gasteiger partial charge in [-0.05, 0) is 17.2 Å². The molecule has 0 saturated carbocycles. The Morgan fingerprint density at radius 2 is 1.46 bits per heavy atom. The molecule has 2 aromatic rings. The molecule has 1 aliphatic heterocycles. The average molecular weight is 325 g/mol. The van der Waals surface area contributed by atoms with Crippen molar-refractivity contribution < 1.29 is 9.53 Å². The van der Waals surface area contributed by atoms with Gasteiger partial charge in [-0.15, -0.1) is 0 Å². The van der Waals surface area contributed by atoms with E-state index in [0.29, 0.717) is 12.2 Å². The number of amides is 1. The Balaban J connectivity index is 0.000000671. The first-order valence-electron chi connectivity index (χ1n) is 8.57. The Morgan fingerprint density at radius 3 is 1.96 bits per heavy atom. The van der Waals surface area contributed by atoms with Crippen LogP contribution in [-0.2, 0) is 9.53 Å². The number of benzene rings is 2. The lowest BCUT2D eigenvalue weighted by Gasteiger charge is -2.08. The summed E-state index contributed by atoms with van der Waals surface area (Å²) in [5.74, 6) is -0.109. The SMILES string of the molecule is CC.CC.O=C(NC1CO1)C(=Cc1ccccc1)c1ccccc1. The first-order valence-corrected chi connectivity index (χ1v) is 8.57. The Labute approximate surface area is 145 Å². The van der Waals surface area contributed by atoms with E-state index in [9.17, 15) is 4.79 Å². The summed E-state index contributed by atoms with van der Waals surface area (Å²) in [5, 5.41) is 2.84. The topological polar surface area (TPSA) is 41.6 Å². The van der Waals surface area contributed by atoms with E-state index in [1.165, 1.54) is 0 Å². The zero-order valence-corrected chi connectivity index (χ0v) is 15.0. The van der Waals surface area contributed by atoms with Crippen molar-refractivity contribution in [1.82, 2.24) is 5.32 Å². The summed E-state index contributed by atoms with van der Waals surface area (Å²) in [7, 11) is 0. The smallest absolute Gasteiger partial charge is 0.253 e. The minimum Gasteiger partial charge on any atom is -0.351 e. The third kappa shape index (κ3) is 6.39. The predicted octanol–water partition coefficient (Wildman–Crippen LogP) is 4.75. The number of hydrogen-bond donors (Lipinski definition) is 1. The fourth-order valence-electron chi connectivity index (χ4n) is 1.97. The van der Waals surface area contributed by atoms with Gasteiger partial charge >= 0.3 is 0 Å². The lowest BCUT2D eigenvalue weighted by molar-refractivity contribution is -0.116. The molecule has 1 unspecified atom stereocenters. The van der Waals surface area contributed by atoms with Crippen molar-refractivity contribution in [2.75, 3.05) is 6.61 Å². The molecule has 0 radical (unpaired) electrons. The summed E-state index contributed by atoms with van der Waals surface area (Å²) in [5.41, 5.74) is 2.54. The molecular formula is C21H27NO2. The van der Waals surface area contributed by atoms with Gasteiger partial charge in [-0.2, -0.15) is 0 Å². The normalized spacial score (nSPS) is 15.2. The molecule has 0 spiro atoms. The molecule has 2 aromatic carbocycles. The highest BCUT2D eigenvalue weighted by atomic mass is 16.6. The van der Waals surface area contributed by atoms with Crippen LogP contribution >= 0.6 is 0 Å². The monoisotopic (exact) mass is 325 g/mol. The number of epoxide rings is 1. The minimum absolute atomic E-state index is 0.109. The maximum absolute atomic E-state index is 12.3. The molecule has 1 amide bonds. The van der Waals surface area contributed by atoms with Gasteiger partial charge in [-0.3, -0.25) is 4.79 Å². The second kappa shape index (κ2) is 11.2. The first kappa shape index (κ1) is 19.7. The predicted molar refractivity (Wildman–Crippen MR) is 101 cm³/mol. The van der Waals surface area contributed by atoms with Crippen LogP contribution in [0.5, 0.6) is 0 Å².